The lowest BCUT2D eigenvalue weighted by Crippen LogP contribution is -1.91. The molecule has 1 nitrogen and oxygen atoms in total. The molecular formula is C19H38O. The Morgan fingerprint density at radius 3 is 1.85 bits per heavy atom. The normalized spacial score (nSPS) is 12.1. The highest BCUT2D eigenvalue weighted by atomic mass is 16.2. The molecule has 0 atom stereocenters. The van der Waals surface area contributed by atoms with E-state index >= 15 is 0 Å². The van der Waals surface area contributed by atoms with Crippen molar-refractivity contribution >= 4 is 0 Å². The van der Waals surface area contributed by atoms with Crippen LogP contribution in [-0.4, -0.2) is 11.7 Å². The fourth-order valence-electron chi connectivity index (χ4n) is 2.66. The first-order valence-corrected chi connectivity index (χ1v) is 9.13. The highest BCUT2D eigenvalue weighted by molar-refractivity contribution is 5.01. The van der Waals surface area contributed by atoms with Gasteiger partial charge in [-0.05, 0) is 32.1 Å². The van der Waals surface area contributed by atoms with Crippen molar-refractivity contribution < 1.29 is 5.11 Å². The first-order chi connectivity index (χ1) is 9.85. The highest BCUT2D eigenvalue weighted by Crippen LogP contribution is 2.16. The molecule has 0 aromatic carbocycles. The lowest BCUT2D eigenvalue weighted by molar-refractivity contribution is 0.297. The number of unbranched alkanes of at least 4 members (excludes halogenated alkanes) is 10. The van der Waals surface area contributed by atoms with Gasteiger partial charge in [0, 0.05) is 6.61 Å². The third kappa shape index (κ3) is 14.1. The molecule has 0 aromatic rings. The van der Waals surface area contributed by atoms with Crippen LogP contribution in [0.2, 0.25) is 0 Å². The molecule has 0 saturated carbocycles. The average Bonchev–Trinajstić information content (AvgIpc) is 2.46. The summed E-state index contributed by atoms with van der Waals surface area (Å²) in [7, 11) is 0. The molecule has 0 radical (unpaired) electrons. The first kappa shape index (κ1) is 19.7. The average molecular weight is 283 g/mol. The Labute approximate surface area is 127 Å². The fraction of sp³-hybridized carbons (Fsp3) is 0.895. The molecule has 0 heterocycles. The number of rotatable bonds is 15. The minimum absolute atomic E-state index is 0.317. The van der Waals surface area contributed by atoms with Crippen molar-refractivity contribution in [1.82, 2.24) is 0 Å². The molecule has 0 aliphatic carbocycles. The summed E-state index contributed by atoms with van der Waals surface area (Å²) in [5, 5.41) is 9.14. The van der Waals surface area contributed by atoms with Crippen LogP contribution in [0, 0.1) is 0 Å². The Hall–Kier alpha value is -0.300. The quantitative estimate of drug-likeness (QED) is 0.272. The number of aliphatic hydroxyl groups excluding tert-OH is 1. The van der Waals surface area contributed by atoms with Crippen LogP contribution < -0.4 is 0 Å². The van der Waals surface area contributed by atoms with E-state index in [0.29, 0.717) is 6.61 Å². The summed E-state index contributed by atoms with van der Waals surface area (Å²) in [6.07, 6.45) is 20.7. The van der Waals surface area contributed by atoms with Crippen LogP contribution in [0.25, 0.3) is 0 Å². The van der Waals surface area contributed by atoms with Gasteiger partial charge in [-0.1, -0.05) is 83.3 Å². The topological polar surface area (TPSA) is 20.2 Å². The lowest BCUT2D eigenvalue weighted by atomic mass is 10.0. The molecule has 20 heavy (non-hydrogen) atoms. The second-order valence-corrected chi connectivity index (χ2v) is 6.06. The van der Waals surface area contributed by atoms with Gasteiger partial charge in [0.15, 0.2) is 0 Å². The minimum atomic E-state index is 0.317. The molecule has 0 aliphatic rings. The second kappa shape index (κ2) is 16.8. The highest BCUT2D eigenvalue weighted by Gasteiger charge is 1.98. The third-order valence-corrected chi connectivity index (χ3v) is 4.03. The van der Waals surface area contributed by atoms with Crippen LogP contribution in [0.15, 0.2) is 11.6 Å². The Balaban J connectivity index is 3.62. The van der Waals surface area contributed by atoms with Gasteiger partial charge in [-0.25, -0.2) is 0 Å². The van der Waals surface area contributed by atoms with Crippen molar-refractivity contribution in [3.05, 3.63) is 11.6 Å². The van der Waals surface area contributed by atoms with E-state index < -0.39 is 0 Å². The Morgan fingerprint density at radius 2 is 1.25 bits per heavy atom. The van der Waals surface area contributed by atoms with E-state index in [2.05, 4.69) is 19.9 Å². The number of aliphatic hydroxyl groups is 1. The molecule has 0 unspecified atom stereocenters. The molecule has 0 amide bonds. The van der Waals surface area contributed by atoms with Gasteiger partial charge in [-0.2, -0.15) is 0 Å². The summed E-state index contributed by atoms with van der Waals surface area (Å²) >= 11 is 0. The monoisotopic (exact) mass is 282 g/mol. The van der Waals surface area contributed by atoms with Crippen LogP contribution in [0.1, 0.15) is 104 Å². The zero-order valence-electron chi connectivity index (χ0n) is 14.1. The maximum atomic E-state index is 9.14. The Bertz CT molecular complexity index is 208. The van der Waals surface area contributed by atoms with E-state index in [0.717, 1.165) is 6.42 Å². The third-order valence-electron chi connectivity index (χ3n) is 4.03. The van der Waals surface area contributed by atoms with E-state index in [9.17, 15) is 0 Å². The molecule has 0 fully saturated rings. The maximum Gasteiger partial charge on any atom is 0.0468 e. The Kier molecular flexibility index (Phi) is 16.5. The van der Waals surface area contributed by atoms with Gasteiger partial charge >= 0.3 is 0 Å². The van der Waals surface area contributed by atoms with Gasteiger partial charge in [0.1, 0.15) is 0 Å². The zero-order chi connectivity index (χ0) is 14.9. The summed E-state index contributed by atoms with van der Waals surface area (Å²) in [4.78, 5) is 0. The standard InChI is InChI=1S/C19H38O/c1-3-5-7-9-11-13-15-19(17-18-20)16-14-12-10-8-6-4-2/h15,20H,3-14,16-18H2,1-2H3/b19-15+. The molecule has 1 heteroatoms. The molecule has 0 bridgehead atoms. The van der Waals surface area contributed by atoms with Crippen molar-refractivity contribution in [2.45, 2.75) is 104 Å². The molecule has 0 aromatic heterocycles. The molecule has 0 aliphatic heterocycles. The smallest absolute Gasteiger partial charge is 0.0468 e. The van der Waals surface area contributed by atoms with Gasteiger partial charge in [0.05, 0.1) is 0 Å². The van der Waals surface area contributed by atoms with Crippen molar-refractivity contribution in [1.29, 1.82) is 0 Å². The molecule has 1 N–H and O–H groups in total. The predicted molar refractivity (Wildman–Crippen MR) is 91.2 cm³/mol. The van der Waals surface area contributed by atoms with Gasteiger partial charge in [-0.3, -0.25) is 0 Å². The van der Waals surface area contributed by atoms with E-state index in [1.165, 1.54) is 89.0 Å². The van der Waals surface area contributed by atoms with Crippen LogP contribution in [-0.2, 0) is 0 Å². The zero-order valence-corrected chi connectivity index (χ0v) is 14.1. The van der Waals surface area contributed by atoms with Crippen LogP contribution in [0.4, 0.5) is 0 Å². The Morgan fingerprint density at radius 1 is 0.700 bits per heavy atom. The summed E-state index contributed by atoms with van der Waals surface area (Å²) in [6, 6.07) is 0. The van der Waals surface area contributed by atoms with Gasteiger partial charge in [-0.15, -0.1) is 0 Å². The van der Waals surface area contributed by atoms with Gasteiger partial charge < -0.3 is 5.11 Å². The molecule has 0 rings (SSSR count). The fourth-order valence-corrected chi connectivity index (χ4v) is 2.66. The van der Waals surface area contributed by atoms with Crippen molar-refractivity contribution in [2.75, 3.05) is 6.61 Å². The number of hydrogen-bond acceptors (Lipinski definition) is 1. The molecule has 120 valence electrons. The second-order valence-electron chi connectivity index (χ2n) is 6.06. The van der Waals surface area contributed by atoms with Gasteiger partial charge in [0.25, 0.3) is 0 Å². The lowest BCUT2D eigenvalue weighted by Gasteiger charge is -2.06. The first-order valence-electron chi connectivity index (χ1n) is 9.13. The van der Waals surface area contributed by atoms with E-state index in [1.54, 1.807) is 0 Å². The van der Waals surface area contributed by atoms with Crippen molar-refractivity contribution in [3.63, 3.8) is 0 Å². The minimum Gasteiger partial charge on any atom is -0.396 e. The summed E-state index contributed by atoms with van der Waals surface area (Å²) in [5.41, 5.74) is 1.50. The molecule has 0 saturated heterocycles. The van der Waals surface area contributed by atoms with Crippen LogP contribution in [0.3, 0.4) is 0 Å². The molecule has 0 spiro atoms. The number of allylic oxidation sites excluding steroid dienone is 1. The maximum absolute atomic E-state index is 9.14. The van der Waals surface area contributed by atoms with Crippen molar-refractivity contribution in [3.8, 4) is 0 Å². The van der Waals surface area contributed by atoms with Crippen LogP contribution in [0.5, 0.6) is 0 Å². The largest absolute Gasteiger partial charge is 0.396 e. The summed E-state index contributed by atoms with van der Waals surface area (Å²) < 4.78 is 0. The van der Waals surface area contributed by atoms with Crippen LogP contribution >= 0.6 is 0 Å². The van der Waals surface area contributed by atoms with E-state index in [-0.39, 0.29) is 0 Å². The molecular weight excluding hydrogens is 244 g/mol. The predicted octanol–water partition coefficient (Wildman–Crippen LogP) is 6.41. The van der Waals surface area contributed by atoms with Gasteiger partial charge in [0.2, 0.25) is 0 Å². The van der Waals surface area contributed by atoms with E-state index in [4.69, 9.17) is 5.11 Å². The summed E-state index contributed by atoms with van der Waals surface area (Å²) in [5.74, 6) is 0. The number of hydrogen-bond donors (Lipinski definition) is 1. The summed E-state index contributed by atoms with van der Waals surface area (Å²) in [6.45, 7) is 4.85. The van der Waals surface area contributed by atoms with E-state index in [1.807, 2.05) is 0 Å². The SMILES string of the molecule is CCCCCCC/C=C(/CCO)CCCCCCCC. The van der Waals surface area contributed by atoms with Crippen molar-refractivity contribution in [2.24, 2.45) is 0 Å².